The first-order valence-electron chi connectivity index (χ1n) is 7.55. The highest BCUT2D eigenvalue weighted by molar-refractivity contribution is 8.00. The third kappa shape index (κ3) is 5.82. The van der Waals surface area contributed by atoms with Crippen LogP contribution in [0.25, 0.3) is 0 Å². The van der Waals surface area contributed by atoms with Crippen LogP contribution in [0, 0.1) is 11.6 Å². The fraction of sp³-hybridized carbons (Fsp3) is 0.500. The SMILES string of the molecule is CCCC(=O)Nc1cc(SC(CC)C(=O)OCC)c(F)cc1F. The van der Waals surface area contributed by atoms with Crippen molar-refractivity contribution in [2.75, 3.05) is 11.9 Å². The van der Waals surface area contributed by atoms with Gasteiger partial charge in [-0.2, -0.15) is 0 Å². The third-order valence-corrected chi connectivity index (χ3v) is 4.34. The normalized spacial score (nSPS) is 11.9. The molecule has 1 amide bonds. The second kappa shape index (κ2) is 9.50. The molecule has 0 radical (unpaired) electrons. The number of carbonyl (C=O) groups excluding carboxylic acids is 2. The molecule has 7 heteroatoms. The summed E-state index contributed by atoms with van der Waals surface area (Å²) >= 11 is 0.959. The van der Waals surface area contributed by atoms with Gasteiger partial charge in [-0.25, -0.2) is 8.78 Å². The van der Waals surface area contributed by atoms with Gasteiger partial charge in [-0.05, 0) is 25.8 Å². The Morgan fingerprint density at radius 1 is 1.22 bits per heavy atom. The Hall–Kier alpha value is -1.63. The molecule has 1 aromatic carbocycles. The third-order valence-electron chi connectivity index (χ3n) is 2.96. The molecular weight excluding hydrogens is 324 g/mol. The lowest BCUT2D eigenvalue weighted by Gasteiger charge is -2.15. The van der Waals surface area contributed by atoms with Crippen LogP contribution in [0.4, 0.5) is 14.5 Å². The van der Waals surface area contributed by atoms with Gasteiger partial charge in [0.25, 0.3) is 0 Å². The smallest absolute Gasteiger partial charge is 0.319 e. The summed E-state index contributed by atoms with van der Waals surface area (Å²) in [5, 5.41) is 1.83. The first-order chi connectivity index (χ1) is 10.9. The molecule has 0 saturated carbocycles. The van der Waals surface area contributed by atoms with Crippen LogP contribution in [-0.2, 0) is 14.3 Å². The fourth-order valence-electron chi connectivity index (χ4n) is 1.84. The van der Waals surface area contributed by atoms with Crippen molar-refractivity contribution in [1.82, 2.24) is 0 Å². The lowest BCUT2D eigenvalue weighted by atomic mass is 10.2. The van der Waals surface area contributed by atoms with E-state index in [0.717, 1.165) is 11.8 Å². The van der Waals surface area contributed by atoms with Gasteiger partial charge in [-0.3, -0.25) is 9.59 Å². The molecule has 1 N–H and O–H groups in total. The first kappa shape index (κ1) is 19.4. The summed E-state index contributed by atoms with van der Waals surface area (Å²) in [5.41, 5.74) is -0.0916. The summed E-state index contributed by atoms with van der Waals surface area (Å²) in [6.07, 6.45) is 1.31. The predicted octanol–water partition coefficient (Wildman–Crippen LogP) is 4.14. The van der Waals surface area contributed by atoms with Crippen molar-refractivity contribution in [3.8, 4) is 0 Å². The van der Waals surface area contributed by atoms with Crippen molar-refractivity contribution < 1.29 is 23.1 Å². The van der Waals surface area contributed by atoms with E-state index in [4.69, 9.17) is 4.74 Å². The second-order valence-corrected chi connectivity index (χ2v) is 6.07. The van der Waals surface area contributed by atoms with E-state index in [1.807, 2.05) is 6.92 Å². The van der Waals surface area contributed by atoms with Crippen LogP contribution in [0.2, 0.25) is 0 Å². The first-order valence-corrected chi connectivity index (χ1v) is 8.42. The summed E-state index contributed by atoms with van der Waals surface area (Å²) in [7, 11) is 0. The Morgan fingerprint density at radius 2 is 1.91 bits per heavy atom. The fourth-order valence-corrected chi connectivity index (χ4v) is 2.84. The zero-order valence-corrected chi connectivity index (χ0v) is 14.3. The molecule has 0 aromatic heterocycles. The Bertz CT molecular complexity index is 567. The van der Waals surface area contributed by atoms with Crippen LogP contribution in [0.1, 0.15) is 40.0 Å². The molecule has 0 spiro atoms. The number of hydrogen-bond acceptors (Lipinski definition) is 4. The number of rotatable bonds is 8. The van der Waals surface area contributed by atoms with Crippen LogP contribution in [0.5, 0.6) is 0 Å². The molecule has 0 aliphatic rings. The van der Waals surface area contributed by atoms with Crippen LogP contribution in [0.15, 0.2) is 17.0 Å². The summed E-state index contributed by atoms with van der Waals surface area (Å²) in [4.78, 5) is 23.5. The van der Waals surface area contributed by atoms with Crippen molar-refractivity contribution in [3.05, 3.63) is 23.8 Å². The van der Waals surface area contributed by atoms with Crippen LogP contribution in [0.3, 0.4) is 0 Å². The number of benzene rings is 1. The molecule has 0 fully saturated rings. The van der Waals surface area contributed by atoms with Crippen molar-refractivity contribution in [3.63, 3.8) is 0 Å². The van der Waals surface area contributed by atoms with Crippen molar-refractivity contribution in [1.29, 1.82) is 0 Å². The van der Waals surface area contributed by atoms with E-state index in [9.17, 15) is 18.4 Å². The lowest BCUT2D eigenvalue weighted by Crippen LogP contribution is -2.19. The van der Waals surface area contributed by atoms with Gasteiger partial charge in [-0.1, -0.05) is 13.8 Å². The number of thioether (sulfide) groups is 1. The molecule has 1 atom stereocenters. The van der Waals surface area contributed by atoms with Gasteiger partial charge < -0.3 is 10.1 Å². The van der Waals surface area contributed by atoms with Gasteiger partial charge in [0.05, 0.1) is 12.3 Å². The molecule has 128 valence electrons. The Kier molecular flexibility index (Phi) is 8.02. The minimum atomic E-state index is -0.847. The number of esters is 1. The Labute approximate surface area is 139 Å². The Balaban J connectivity index is 2.97. The molecule has 0 bridgehead atoms. The van der Waals surface area contributed by atoms with Crippen molar-refractivity contribution in [2.24, 2.45) is 0 Å². The number of hydrogen-bond donors (Lipinski definition) is 1. The van der Waals surface area contributed by atoms with Gasteiger partial charge in [0.1, 0.15) is 16.9 Å². The monoisotopic (exact) mass is 345 g/mol. The molecule has 23 heavy (non-hydrogen) atoms. The predicted molar refractivity (Wildman–Crippen MR) is 86.5 cm³/mol. The topological polar surface area (TPSA) is 55.4 Å². The van der Waals surface area contributed by atoms with E-state index in [-0.39, 0.29) is 29.5 Å². The summed E-state index contributed by atoms with van der Waals surface area (Å²) < 4.78 is 32.6. The number of ether oxygens (including phenoxy) is 1. The van der Waals surface area contributed by atoms with Gasteiger partial charge >= 0.3 is 5.97 Å². The highest BCUT2D eigenvalue weighted by Crippen LogP contribution is 2.32. The van der Waals surface area contributed by atoms with Gasteiger partial charge in [0.15, 0.2) is 0 Å². The largest absolute Gasteiger partial charge is 0.465 e. The molecule has 0 aliphatic carbocycles. The molecule has 0 heterocycles. The molecule has 1 rings (SSSR count). The number of anilines is 1. The molecular formula is C16H21F2NO3S. The van der Waals surface area contributed by atoms with E-state index in [2.05, 4.69) is 5.32 Å². The minimum Gasteiger partial charge on any atom is -0.465 e. The van der Waals surface area contributed by atoms with Crippen molar-refractivity contribution >= 4 is 29.3 Å². The summed E-state index contributed by atoms with van der Waals surface area (Å²) in [5.74, 6) is -2.41. The van der Waals surface area contributed by atoms with E-state index in [1.54, 1.807) is 13.8 Å². The van der Waals surface area contributed by atoms with Gasteiger partial charge in [-0.15, -0.1) is 11.8 Å². The Morgan fingerprint density at radius 3 is 2.48 bits per heavy atom. The maximum absolute atomic E-state index is 13.9. The quantitative estimate of drug-likeness (QED) is 0.568. The van der Waals surface area contributed by atoms with Crippen LogP contribution in [-0.4, -0.2) is 23.7 Å². The number of halogens is 2. The summed E-state index contributed by atoms with van der Waals surface area (Å²) in [6, 6.07) is 1.92. The van der Waals surface area contributed by atoms with Gasteiger partial charge in [0.2, 0.25) is 5.91 Å². The van der Waals surface area contributed by atoms with E-state index in [0.29, 0.717) is 18.9 Å². The standard InChI is InChI=1S/C16H21F2NO3S/c1-4-7-15(20)19-12-9-14(11(18)8-10(12)17)23-13(5-2)16(21)22-6-3/h8-9,13H,4-7H2,1-3H3,(H,19,20). The molecule has 4 nitrogen and oxygen atoms in total. The maximum atomic E-state index is 13.9. The molecule has 0 aliphatic heterocycles. The zero-order chi connectivity index (χ0) is 17.4. The average molecular weight is 345 g/mol. The lowest BCUT2D eigenvalue weighted by molar-refractivity contribution is -0.142. The maximum Gasteiger partial charge on any atom is 0.319 e. The van der Waals surface area contributed by atoms with E-state index >= 15 is 0 Å². The molecule has 0 saturated heterocycles. The average Bonchev–Trinajstić information content (AvgIpc) is 2.49. The van der Waals surface area contributed by atoms with Crippen LogP contribution >= 0.6 is 11.8 Å². The molecule has 1 aromatic rings. The van der Waals surface area contributed by atoms with E-state index < -0.39 is 22.9 Å². The van der Waals surface area contributed by atoms with E-state index in [1.165, 1.54) is 6.07 Å². The van der Waals surface area contributed by atoms with Crippen molar-refractivity contribution in [2.45, 2.75) is 50.2 Å². The zero-order valence-electron chi connectivity index (χ0n) is 13.4. The minimum absolute atomic E-state index is 0.0916. The molecule has 1 unspecified atom stereocenters. The highest BCUT2D eigenvalue weighted by Gasteiger charge is 2.22. The van der Waals surface area contributed by atoms with Crippen LogP contribution < -0.4 is 5.32 Å². The summed E-state index contributed by atoms with van der Waals surface area (Å²) in [6.45, 7) is 5.53. The number of nitrogens with one attached hydrogen (secondary N) is 1. The second-order valence-electron chi connectivity index (χ2n) is 4.83. The number of amides is 1. The highest BCUT2D eigenvalue weighted by atomic mass is 32.2. The van der Waals surface area contributed by atoms with Gasteiger partial charge in [0, 0.05) is 17.4 Å². The number of carbonyl (C=O) groups is 2.